The van der Waals surface area contributed by atoms with Gasteiger partial charge in [0.2, 0.25) is 0 Å². The van der Waals surface area contributed by atoms with Crippen molar-refractivity contribution in [3.63, 3.8) is 0 Å². The van der Waals surface area contributed by atoms with Gasteiger partial charge in [-0.1, -0.05) is 13.8 Å². The lowest BCUT2D eigenvalue weighted by molar-refractivity contribution is 0.766. The molecule has 2 heterocycles. The number of anilines is 1. The van der Waals surface area contributed by atoms with Crippen LogP contribution in [0.25, 0.3) is 0 Å². The number of hydrogen-bond donors (Lipinski definition) is 2. The lowest BCUT2D eigenvalue weighted by Gasteiger charge is -2.21. The van der Waals surface area contributed by atoms with Gasteiger partial charge >= 0.3 is 0 Å². The quantitative estimate of drug-likeness (QED) is 0.888. The van der Waals surface area contributed by atoms with Crippen molar-refractivity contribution in [2.75, 3.05) is 29.1 Å². The molecule has 1 atom stereocenters. The van der Waals surface area contributed by atoms with Crippen molar-refractivity contribution in [2.24, 2.45) is 0 Å². The van der Waals surface area contributed by atoms with Crippen molar-refractivity contribution in [2.45, 2.75) is 25.0 Å². The molecule has 1 unspecified atom stereocenters. The average molecular weight is 285 g/mol. The summed E-state index contributed by atoms with van der Waals surface area (Å²) >= 11 is 4.00. The Bertz CT molecular complexity index is 441. The number of thioether (sulfide) groups is 2. The van der Waals surface area contributed by atoms with E-state index in [0.29, 0.717) is 11.1 Å². The maximum Gasteiger partial charge on any atom is 0.252 e. The lowest BCUT2D eigenvalue weighted by Crippen LogP contribution is -2.24. The molecule has 1 fully saturated rings. The summed E-state index contributed by atoms with van der Waals surface area (Å²) in [6.45, 7) is 4.93. The minimum absolute atomic E-state index is 0.0816. The monoisotopic (exact) mass is 285 g/mol. The molecular formula is C12H19N3OS2. The Morgan fingerprint density at radius 2 is 2.39 bits per heavy atom. The molecule has 0 spiro atoms. The molecule has 1 aromatic rings. The molecule has 0 aliphatic carbocycles. The van der Waals surface area contributed by atoms with Crippen molar-refractivity contribution in [1.82, 2.24) is 9.97 Å². The molecule has 1 aromatic heterocycles. The van der Waals surface area contributed by atoms with E-state index in [1.165, 1.54) is 23.3 Å². The summed E-state index contributed by atoms with van der Waals surface area (Å²) in [7, 11) is 0. The van der Waals surface area contributed by atoms with Gasteiger partial charge in [0.05, 0.1) is 0 Å². The van der Waals surface area contributed by atoms with E-state index in [0.717, 1.165) is 12.4 Å². The van der Waals surface area contributed by atoms with Crippen LogP contribution in [0.3, 0.4) is 0 Å². The van der Waals surface area contributed by atoms with Gasteiger partial charge in [-0.05, 0) is 0 Å². The minimum atomic E-state index is -0.0816. The molecule has 4 nitrogen and oxygen atoms in total. The summed E-state index contributed by atoms with van der Waals surface area (Å²) in [6, 6.07) is 1.53. The van der Waals surface area contributed by atoms with Crippen LogP contribution < -0.4 is 10.9 Å². The molecule has 2 N–H and O–H groups in total. The average Bonchev–Trinajstić information content (AvgIpc) is 2.37. The second-order valence-corrected chi connectivity index (χ2v) is 7.18. The Hall–Kier alpha value is -0.620. The Morgan fingerprint density at radius 1 is 1.56 bits per heavy atom. The van der Waals surface area contributed by atoms with E-state index < -0.39 is 0 Å². The van der Waals surface area contributed by atoms with Crippen molar-refractivity contribution in [3.05, 3.63) is 22.2 Å². The molecule has 0 bridgehead atoms. The van der Waals surface area contributed by atoms with Gasteiger partial charge in [-0.2, -0.15) is 23.5 Å². The Kier molecular flexibility index (Phi) is 5.00. The van der Waals surface area contributed by atoms with Gasteiger partial charge in [-0.15, -0.1) is 0 Å². The predicted octanol–water partition coefficient (Wildman–Crippen LogP) is 2.15. The normalized spacial score (nSPS) is 20.1. The molecular weight excluding hydrogens is 266 g/mol. The van der Waals surface area contributed by atoms with Crippen molar-refractivity contribution in [3.8, 4) is 0 Å². The number of hydrogen-bond acceptors (Lipinski definition) is 5. The van der Waals surface area contributed by atoms with E-state index in [2.05, 4.69) is 15.3 Å². The standard InChI is InChI=1S/C12H19N3OS2/c1-8(2)12-14-10(5-11(16)15-12)13-6-9-7-17-3-4-18-9/h5,8-9H,3-4,6-7H2,1-2H3,(H2,13,14,15,16). The highest BCUT2D eigenvalue weighted by molar-refractivity contribution is 8.06. The highest BCUT2D eigenvalue weighted by Gasteiger charge is 2.14. The van der Waals surface area contributed by atoms with Crippen molar-refractivity contribution in [1.29, 1.82) is 0 Å². The summed E-state index contributed by atoms with van der Waals surface area (Å²) in [5, 5.41) is 3.90. The van der Waals surface area contributed by atoms with Gasteiger partial charge in [0, 0.05) is 41.0 Å². The summed E-state index contributed by atoms with van der Waals surface area (Å²) < 4.78 is 0. The summed E-state index contributed by atoms with van der Waals surface area (Å²) in [5.74, 6) is 5.32. The van der Waals surface area contributed by atoms with Crippen LogP contribution in [0.5, 0.6) is 0 Å². The second kappa shape index (κ2) is 6.52. The molecule has 100 valence electrons. The van der Waals surface area contributed by atoms with Crippen LogP contribution in [0.15, 0.2) is 10.9 Å². The third-order valence-corrected chi connectivity index (χ3v) is 5.55. The largest absolute Gasteiger partial charge is 0.369 e. The highest BCUT2D eigenvalue weighted by atomic mass is 32.2. The summed E-state index contributed by atoms with van der Waals surface area (Å²) in [6.07, 6.45) is 0. The molecule has 1 aliphatic rings. The summed E-state index contributed by atoms with van der Waals surface area (Å²) in [5.41, 5.74) is -0.0816. The number of H-pyrrole nitrogens is 1. The van der Waals surface area contributed by atoms with Gasteiger partial charge < -0.3 is 10.3 Å². The number of nitrogens with one attached hydrogen (secondary N) is 2. The zero-order valence-electron chi connectivity index (χ0n) is 10.7. The molecule has 2 rings (SSSR count). The maximum atomic E-state index is 11.5. The van der Waals surface area contributed by atoms with Gasteiger partial charge in [0.25, 0.3) is 5.56 Å². The first-order valence-corrected chi connectivity index (χ1v) is 8.40. The predicted molar refractivity (Wildman–Crippen MR) is 81.0 cm³/mol. The molecule has 1 aliphatic heterocycles. The third kappa shape index (κ3) is 3.95. The fourth-order valence-electron chi connectivity index (χ4n) is 1.71. The first-order chi connectivity index (χ1) is 8.65. The van der Waals surface area contributed by atoms with Gasteiger partial charge in [-0.3, -0.25) is 4.79 Å². The van der Waals surface area contributed by atoms with E-state index >= 15 is 0 Å². The summed E-state index contributed by atoms with van der Waals surface area (Å²) in [4.78, 5) is 18.7. The molecule has 6 heteroatoms. The number of nitrogens with zero attached hydrogens (tertiary/aromatic N) is 1. The molecule has 0 radical (unpaired) electrons. The van der Waals surface area contributed by atoms with Gasteiger partial charge in [-0.25, -0.2) is 4.98 Å². The first-order valence-electron chi connectivity index (χ1n) is 6.19. The second-order valence-electron chi connectivity index (χ2n) is 4.62. The molecule has 0 aromatic carbocycles. The molecule has 18 heavy (non-hydrogen) atoms. The Balaban J connectivity index is 1.97. The van der Waals surface area contributed by atoms with Crippen LogP contribution in [-0.2, 0) is 0 Å². The molecule has 0 amide bonds. The van der Waals surface area contributed by atoms with E-state index in [1.54, 1.807) is 0 Å². The van der Waals surface area contributed by atoms with Crippen LogP contribution >= 0.6 is 23.5 Å². The third-order valence-electron chi connectivity index (χ3n) is 2.70. The minimum Gasteiger partial charge on any atom is -0.369 e. The van der Waals surface area contributed by atoms with Crippen LogP contribution in [0.2, 0.25) is 0 Å². The number of aromatic amines is 1. The van der Waals surface area contributed by atoms with Crippen LogP contribution in [-0.4, -0.2) is 39.0 Å². The van der Waals surface area contributed by atoms with E-state index in [4.69, 9.17) is 0 Å². The number of aromatic nitrogens is 2. The zero-order chi connectivity index (χ0) is 13.0. The fraction of sp³-hybridized carbons (Fsp3) is 0.667. The maximum absolute atomic E-state index is 11.5. The van der Waals surface area contributed by atoms with Crippen molar-refractivity contribution < 1.29 is 0 Å². The van der Waals surface area contributed by atoms with E-state index in [1.807, 2.05) is 37.4 Å². The van der Waals surface area contributed by atoms with Gasteiger partial charge in [0.1, 0.15) is 11.6 Å². The van der Waals surface area contributed by atoms with E-state index in [9.17, 15) is 4.79 Å². The van der Waals surface area contributed by atoms with Crippen LogP contribution in [0.4, 0.5) is 5.82 Å². The smallest absolute Gasteiger partial charge is 0.252 e. The van der Waals surface area contributed by atoms with Gasteiger partial charge in [0.15, 0.2) is 0 Å². The van der Waals surface area contributed by atoms with E-state index in [-0.39, 0.29) is 11.5 Å². The Labute approximate surface area is 116 Å². The highest BCUT2D eigenvalue weighted by Crippen LogP contribution is 2.24. The number of rotatable bonds is 4. The molecule has 0 saturated carbocycles. The fourth-order valence-corrected chi connectivity index (χ4v) is 4.33. The van der Waals surface area contributed by atoms with Crippen LogP contribution in [0.1, 0.15) is 25.6 Å². The Morgan fingerprint density at radius 3 is 3.06 bits per heavy atom. The first kappa shape index (κ1) is 13.8. The molecule has 1 saturated heterocycles. The lowest BCUT2D eigenvalue weighted by atomic mass is 10.2. The van der Waals surface area contributed by atoms with Crippen LogP contribution in [0, 0.1) is 0 Å². The topological polar surface area (TPSA) is 57.8 Å². The van der Waals surface area contributed by atoms with Crippen molar-refractivity contribution >= 4 is 29.3 Å². The SMILES string of the molecule is CC(C)c1nc(NCC2CSCCS2)cc(=O)[nH]1. The zero-order valence-corrected chi connectivity index (χ0v) is 12.4.